The molecule has 2 amide bonds. The van der Waals surface area contributed by atoms with Gasteiger partial charge in [-0.05, 0) is 47.2 Å². The molecule has 1 N–H and O–H groups in total. The van der Waals surface area contributed by atoms with Crippen molar-refractivity contribution < 1.29 is 18.4 Å². The van der Waals surface area contributed by atoms with Gasteiger partial charge in [-0.15, -0.1) is 0 Å². The Bertz CT molecular complexity index is 1000. The van der Waals surface area contributed by atoms with Gasteiger partial charge in [0.05, 0.1) is 0 Å². The van der Waals surface area contributed by atoms with Gasteiger partial charge >= 0.3 is 0 Å². The summed E-state index contributed by atoms with van der Waals surface area (Å²) in [5.41, 5.74) is 0.915. The fourth-order valence-electron chi connectivity index (χ4n) is 3.08. The van der Waals surface area contributed by atoms with E-state index in [1.807, 2.05) is 25.2 Å². The minimum Gasteiger partial charge on any atom is -0.449 e. The van der Waals surface area contributed by atoms with Crippen LogP contribution in [0.15, 0.2) is 49.9 Å². The summed E-state index contributed by atoms with van der Waals surface area (Å²) in [6, 6.07) is 10.4. The van der Waals surface area contributed by atoms with Crippen molar-refractivity contribution in [2.45, 2.75) is 0 Å². The number of para-hydroxylation sites is 1. The molecule has 4 rings (SSSR count). The molecule has 3 heterocycles. The highest BCUT2D eigenvalue weighted by molar-refractivity contribution is 9.10. The Kier molecular flexibility index (Phi) is 4.75. The number of nitrogens with one attached hydrogen (secondary N) is 1. The number of hydrogen-bond acceptors (Lipinski definition) is 5. The number of benzene rings is 1. The Morgan fingerprint density at radius 1 is 1.04 bits per heavy atom. The first-order valence-electron chi connectivity index (χ1n) is 8.59. The van der Waals surface area contributed by atoms with Gasteiger partial charge in [0.2, 0.25) is 5.76 Å². The number of anilines is 1. The summed E-state index contributed by atoms with van der Waals surface area (Å²) in [5, 5.41) is 3.46. The highest BCUT2D eigenvalue weighted by Gasteiger charge is 2.28. The number of fused-ring (bicyclic) bond motifs is 1. The van der Waals surface area contributed by atoms with E-state index < -0.39 is 5.91 Å². The van der Waals surface area contributed by atoms with Gasteiger partial charge in [0.1, 0.15) is 11.3 Å². The molecule has 1 aliphatic heterocycles. The largest absolute Gasteiger partial charge is 0.449 e. The van der Waals surface area contributed by atoms with Gasteiger partial charge < -0.3 is 24.0 Å². The van der Waals surface area contributed by atoms with Crippen molar-refractivity contribution in [3.05, 3.63) is 52.6 Å². The molecule has 1 fully saturated rings. The molecule has 8 heteroatoms. The average molecular weight is 432 g/mol. The first kappa shape index (κ1) is 17.8. The van der Waals surface area contributed by atoms with Crippen LogP contribution in [0.3, 0.4) is 0 Å². The van der Waals surface area contributed by atoms with E-state index in [-0.39, 0.29) is 17.4 Å². The van der Waals surface area contributed by atoms with Crippen LogP contribution in [0.5, 0.6) is 0 Å². The van der Waals surface area contributed by atoms with Gasteiger partial charge in [0, 0.05) is 31.6 Å². The molecule has 0 unspecified atom stereocenters. The van der Waals surface area contributed by atoms with Crippen LogP contribution in [0.25, 0.3) is 11.0 Å². The molecule has 0 bridgehead atoms. The summed E-state index contributed by atoms with van der Waals surface area (Å²) in [6.07, 6.45) is 0. The smallest absolute Gasteiger partial charge is 0.291 e. The number of hydrogen-bond donors (Lipinski definition) is 1. The second kappa shape index (κ2) is 7.21. The van der Waals surface area contributed by atoms with Gasteiger partial charge in [-0.3, -0.25) is 9.59 Å². The average Bonchev–Trinajstić information content (AvgIpc) is 3.26. The summed E-state index contributed by atoms with van der Waals surface area (Å²) < 4.78 is 11.6. The molecule has 1 aromatic carbocycles. The predicted molar refractivity (Wildman–Crippen MR) is 104 cm³/mol. The first-order valence-corrected chi connectivity index (χ1v) is 9.38. The number of nitrogens with zero attached hydrogens (tertiary/aromatic N) is 2. The predicted octanol–water partition coefficient (Wildman–Crippen LogP) is 3.43. The Balaban J connectivity index is 1.69. The van der Waals surface area contributed by atoms with E-state index in [1.165, 1.54) is 0 Å². The van der Waals surface area contributed by atoms with Crippen molar-refractivity contribution in [2.75, 3.05) is 38.5 Å². The number of furan rings is 2. The van der Waals surface area contributed by atoms with Crippen molar-refractivity contribution in [3.63, 3.8) is 0 Å². The zero-order valence-corrected chi connectivity index (χ0v) is 16.3. The lowest BCUT2D eigenvalue weighted by molar-refractivity contribution is 0.0636. The number of carbonyl (C=O) groups is 2. The van der Waals surface area contributed by atoms with Gasteiger partial charge in [-0.25, -0.2) is 0 Å². The summed E-state index contributed by atoms with van der Waals surface area (Å²) in [7, 11) is 2.02. The zero-order chi connectivity index (χ0) is 19.0. The molecular formula is C19H18BrN3O4. The normalized spacial score (nSPS) is 15.3. The second-order valence-electron chi connectivity index (χ2n) is 6.46. The zero-order valence-electron chi connectivity index (χ0n) is 14.7. The summed E-state index contributed by atoms with van der Waals surface area (Å²) in [6.45, 7) is 2.83. The maximum absolute atomic E-state index is 13.1. The number of likely N-dealkylation sites (N-methyl/N-ethyl adjacent to an activating group) is 1. The van der Waals surface area contributed by atoms with Crippen molar-refractivity contribution in [2.24, 2.45) is 0 Å². The van der Waals surface area contributed by atoms with Crippen LogP contribution in [-0.2, 0) is 0 Å². The van der Waals surface area contributed by atoms with Crippen molar-refractivity contribution >= 4 is 44.4 Å². The molecule has 1 saturated heterocycles. The molecule has 3 aromatic rings. The lowest BCUT2D eigenvalue weighted by atomic mass is 10.2. The SMILES string of the molecule is CN1CCN(C(=O)c2oc3ccccc3c2NC(=O)c2ccc(Br)o2)CC1. The molecule has 0 atom stereocenters. The third-order valence-electron chi connectivity index (χ3n) is 4.62. The Hall–Kier alpha value is -2.58. The molecule has 2 aromatic heterocycles. The number of rotatable bonds is 3. The van der Waals surface area contributed by atoms with Crippen LogP contribution in [0.4, 0.5) is 5.69 Å². The maximum Gasteiger partial charge on any atom is 0.291 e. The van der Waals surface area contributed by atoms with E-state index in [2.05, 4.69) is 26.1 Å². The Morgan fingerprint density at radius 3 is 2.48 bits per heavy atom. The van der Waals surface area contributed by atoms with Crippen LogP contribution >= 0.6 is 15.9 Å². The minimum absolute atomic E-state index is 0.139. The van der Waals surface area contributed by atoms with Gasteiger partial charge in [-0.1, -0.05) is 12.1 Å². The van der Waals surface area contributed by atoms with E-state index in [4.69, 9.17) is 8.83 Å². The van der Waals surface area contributed by atoms with E-state index >= 15 is 0 Å². The highest BCUT2D eigenvalue weighted by Crippen LogP contribution is 2.32. The maximum atomic E-state index is 13.1. The van der Waals surface area contributed by atoms with Crippen LogP contribution in [0.2, 0.25) is 0 Å². The third kappa shape index (κ3) is 3.50. The lowest BCUT2D eigenvalue weighted by Crippen LogP contribution is -2.47. The fraction of sp³-hybridized carbons (Fsp3) is 0.263. The minimum atomic E-state index is -0.445. The molecule has 0 saturated carbocycles. The number of halogens is 1. The quantitative estimate of drug-likeness (QED) is 0.686. The molecule has 7 nitrogen and oxygen atoms in total. The molecule has 140 valence electrons. The standard InChI is InChI=1S/C19H18BrN3O4/c1-22-8-10-23(11-9-22)19(25)17-16(12-4-2-3-5-13(12)27-17)21-18(24)14-6-7-15(20)26-14/h2-7H,8-11H2,1H3,(H,21,24). The molecular weight excluding hydrogens is 414 g/mol. The van der Waals surface area contributed by atoms with Crippen LogP contribution in [-0.4, -0.2) is 54.8 Å². The van der Waals surface area contributed by atoms with Crippen LogP contribution < -0.4 is 5.32 Å². The van der Waals surface area contributed by atoms with Crippen molar-refractivity contribution in [3.8, 4) is 0 Å². The van der Waals surface area contributed by atoms with Crippen LogP contribution in [0.1, 0.15) is 21.1 Å². The molecule has 0 aliphatic carbocycles. The van der Waals surface area contributed by atoms with Gasteiger partial charge in [-0.2, -0.15) is 0 Å². The molecule has 1 aliphatic rings. The van der Waals surface area contributed by atoms with Gasteiger partial charge in [0.25, 0.3) is 11.8 Å². The van der Waals surface area contributed by atoms with E-state index in [0.29, 0.717) is 34.4 Å². The van der Waals surface area contributed by atoms with Gasteiger partial charge in [0.15, 0.2) is 10.4 Å². The Morgan fingerprint density at radius 2 is 1.78 bits per heavy atom. The fourth-order valence-corrected chi connectivity index (χ4v) is 3.39. The summed E-state index contributed by atoms with van der Waals surface area (Å²) in [4.78, 5) is 29.5. The topological polar surface area (TPSA) is 78.9 Å². The third-order valence-corrected chi connectivity index (χ3v) is 5.04. The summed E-state index contributed by atoms with van der Waals surface area (Å²) >= 11 is 3.18. The Labute approximate surface area is 164 Å². The van der Waals surface area contributed by atoms with Crippen molar-refractivity contribution in [1.29, 1.82) is 0 Å². The van der Waals surface area contributed by atoms with Crippen LogP contribution in [0, 0.1) is 0 Å². The highest BCUT2D eigenvalue weighted by atomic mass is 79.9. The molecule has 27 heavy (non-hydrogen) atoms. The van der Waals surface area contributed by atoms with E-state index in [1.54, 1.807) is 23.1 Å². The first-order chi connectivity index (χ1) is 13.0. The lowest BCUT2D eigenvalue weighted by Gasteiger charge is -2.31. The second-order valence-corrected chi connectivity index (χ2v) is 7.24. The van der Waals surface area contributed by atoms with Crippen molar-refractivity contribution in [1.82, 2.24) is 9.80 Å². The monoisotopic (exact) mass is 431 g/mol. The number of carbonyl (C=O) groups excluding carboxylic acids is 2. The molecule has 0 radical (unpaired) electrons. The van der Waals surface area contributed by atoms with E-state index in [0.717, 1.165) is 13.1 Å². The summed E-state index contributed by atoms with van der Waals surface area (Å²) in [5.74, 6) is -0.389. The number of amides is 2. The van der Waals surface area contributed by atoms with E-state index in [9.17, 15) is 9.59 Å². The number of piperazine rings is 1. The molecule has 0 spiro atoms.